The largest absolute Gasteiger partial charge is 0.463 e. The van der Waals surface area contributed by atoms with Crippen molar-refractivity contribution < 1.29 is 62.2 Å². The van der Waals surface area contributed by atoms with Crippen LogP contribution in [-0.2, 0) is 60.8 Å². The summed E-state index contributed by atoms with van der Waals surface area (Å²) in [7, 11) is 0. The van der Waals surface area contributed by atoms with Crippen LogP contribution in [0.5, 0.6) is 5.75 Å². The number of aliphatic hydroxyl groups is 1. The summed E-state index contributed by atoms with van der Waals surface area (Å²) < 4.78 is 38.6. The van der Waals surface area contributed by atoms with Crippen LogP contribution >= 0.6 is 0 Å². The van der Waals surface area contributed by atoms with Crippen LogP contribution in [-0.4, -0.2) is 78.0 Å². The first-order chi connectivity index (χ1) is 19.1. The molecule has 2 rings (SSSR count). The Morgan fingerprint density at radius 3 is 2.00 bits per heavy atom. The number of nitrogens with one attached hydrogen (secondary N) is 1. The molecule has 228 valence electrons. The Balaban J connectivity index is 2.49. The number of alkyl carbamates (subject to hydrolysis) is 1. The van der Waals surface area contributed by atoms with E-state index in [9.17, 15) is 29.1 Å². The molecule has 1 aromatic rings. The highest BCUT2D eigenvalue weighted by atomic mass is 16.7. The minimum absolute atomic E-state index is 0.0939. The van der Waals surface area contributed by atoms with E-state index in [1.807, 2.05) is 0 Å². The lowest BCUT2D eigenvalue weighted by Crippen LogP contribution is -2.63. The number of amides is 1. The van der Waals surface area contributed by atoms with Gasteiger partial charge in [-0.25, -0.2) is 4.79 Å². The average molecular weight is 584 g/mol. The Hall–Kier alpha value is -3.91. The van der Waals surface area contributed by atoms with E-state index >= 15 is 0 Å². The van der Waals surface area contributed by atoms with Gasteiger partial charge in [-0.15, -0.1) is 0 Å². The third-order valence-electron chi connectivity index (χ3n) is 5.32. The van der Waals surface area contributed by atoms with E-state index in [1.165, 1.54) is 6.07 Å². The van der Waals surface area contributed by atoms with Gasteiger partial charge in [0.1, 0.15) is 24.1 Å². The highest BCUT2D eigenvalue weighted by Gasteiger charge is 2.53. The van der Waals surface area contributed by atoms with E-state index in [0.29, 0.717) is 11.1 Å². The van der Waals surface area contributed by atoms with Gasteiger partial charge in [0.2, 0.25) is 12.4 Å². The number of hydrogen-bond donors (Lipinski definition) is 2. The van der Waals surface area contributed by atoms with Crippen LogP contribution in [0.3, 0.4) is 0 Å². The average Bonchev–Trinajstić information content (AvgIpc) is 2.83. The van der Waals surface area contributed by atoms with Gasteiger partial charge < -0.3 is 43.6 Å². The van der Waals surface area contributed by atoms with Gasteiger partial charge in [0.25, 0.3) is 0 Å². The minimum atomic E-state index is -1.48. The molecule has 14 nitrogen and oxygen atoms in total. The first-order valence-corrected chi connectivity index (χ1v) is 12.8. The van der Waals surface area contributed by atoms with Gasteiger partial charge in [-0.2, -0.15) is 0 Å². The fourth-order valence-electron chi connectivity index (χ4n) is 3.87. The Morgan fingerprint density at radius 2 is 1.46 bits per heavy atom. The zero-order chi connectivity index (χ0) is 30.9. The Morgan fingerprint density at radius 1 is 0.878 bits per heavy atom. The number of ether oxygens (including phenoxy) is 7. The number of rotatable bonds is 10. The summed E-state index contributed by atoms with van der Waals surface area (Å²) >= 11 is 0. The SMILES string of the molecule is CC(=O)OC[C@H]1O[C@@H](Oc2ccc(CO)cc2CNC(=O)OC(C)(C)C)[C@H](OC(C)=O)[C@@H](OC(C)=O)[C@H]1OC(C)=O. The van der Waals surface area contributed by atoms with Crippen LogP contribution < -0.4 is 10.1 Å². The second-order valence-electron chi connectivity index (χ2n) is 10.1. The first-order valence-electron chi connectivity index (χ1n) is 12.8. The smallest absolute Gasteiger partial charge is 0.407 e. The number of esters is 4. The quantitative estimate of drug-likeness (QED) is 0.300. The van der Waals surface area contributed by atoms with E-state index in [0.717, 1.165) is 27.7 Å². The number of aliphatic hydroxyl groups excluding tert-OH is 1. The lowest BCUT2D eigenvalue weighted by molar-refractivity contribution is -0.288. The monoisotopic (exact) mass is 583 g/mol. The molecule has 2 N–H and O–H groups in total. The summed E-state index contributed by atoms with van der Waals surface area (Å²) in [6, 6.07) is 4.61. The van der Waals surface area contributed by atoms with Crippen molar-refractivity contribution in [2.45, 2.75) is 97.9 Å². The van der Waals surface area contributed by atoms with Crippen molar-refractivity contribution in [1.82, 2.24) is 5.32 Å². The van der Waals surface area contributed by atoms with Crippen molar-refractivity contribution in [3.05, 3.63) is 29.3 Å². The van der Waals surface area contributed by atoms with Gasteiger partial charge in [0.15, 0.2) is 12.2 Å². The summed E-state index contributed by atoms with van der Waals surface area (Å²) in [5.74, 6) is -2.86. The van der Waals surface area contributed by atoms with Gasteiger partial charge in [0.05, 0.1) is 6.61 Å². The summed E-state index contributed by atoms with van der Waals surface area (Å²) in [6.45, 7) is 8.79. The minimum Gasteiger partial charge on any atom is -0.463 e. The second kappa shape index (κ2) is 14.6. The van der Waals surface area contributed by atoms with Gasteiger partial charge in [-0.1, -0.05) is 6.07 Å². The molecule has 0 spiro atoms. The van der Waals surface area contributed by atoms with Crippen LogP contribution in [0, 0.1) is 0 Å². The summed E-state index contributed by atoms with van der Waals surface area (Å²) in [5, 5.41) is 12.2. The maximum atomic E-state index is 12.3. The zero-order valence-electron chi connectivity index (χ0n) is 24.1. The lowest BCUT2D eigenvalue weighted by atomic mass is 9.98. The third kappa shape index (κ3) is 10.9. The normalized spacial score (nSPS) is 22.1. The molecule has 1 saturated heterocycles. The Bertz CT molecular complexity index is 1110. The van der Waals surface area contributed by atoms with Crippen molar-refractivity contribution in [2.24, 2.45) is 0 Å². The van der Waals surface area contributed by atoms with Gasteiger partial charge in [-0.3, -0.25) is 19.2 Å². The van der Waals surface area contributed by atoms with E-state index in [-0.39, 0.29) is 18.9 Å². The molecule has 1 aliphatic rings. The number of hydrogen-bond acceptors (Lipinski definition) is 13. The van der Waals surface area contributed by atoms with Crippen molar-refractivity contribution in [1.29, 1.82) is 0 Å². The molecule has 1 aromatic carbocycles. The molecular formula is C27H37NO13. The maximum Gasteiger partial charge on any atom is 0.407 e. The second-order valence-corrected chi connectivity index (χ2v) is 10.1. The highest BCUT2D eigenvalue weighted by molar-refractivity contribution is 5.69. The van der Waals surface area contributed by atoms with E-state index in [4.69, 9.17) is 33.2 Å². The maximum absolute atomic E-state index is 12.3. The van der Waals surface area contributed by atoms with Crippen molar-refractivity contribution >= 4 is 30.0 Å². The molecule has 0 aromatic heterocycles. The zero-order valence-corrected chi connectivity index (χ0v) is 24.1. The van der Waals surface area contributed by atoms with Gasteiger partial charge >= 0.3 is 30.0 Å². The van der Waals surface area contributed by atoms with Crippen LogP contribution in [0.4, 0.5) is 4.79 Å². The van der Waals surface area contributed by atoms with E-state index in [1.54, 1.807) is 32.9 Å². The van der Waals surface area contributed by atoms with Crippen LogP contribution in [0.15, 0.2) is 18.2 Å². The van der Waals surface area contributed by atoms with Gasteiger partial charge in [0, 0.05) is 39.8 Å². The van der Waals surface area contributed by atoms with Crippen molar-refractivity contribution in [3.63, 3.8) is 0 Å². The van der Waals surface area contributed by atoms with Crippen molar-refractivity contribution in [2.75, 3.05) is 6.61 Å². The fraction of sp³-hybridized carbons (Fsp3) is 0.593. The Labute approximate surface area is 237 Å². The summed E-state index contributed by atoms with van der Waals surface area (Å²) in [6.07, 6.45) is -7.59. The van der Waals surface area contributed by atoms with Crippen LogP contribution in [0.2, 0.25) is 0 Å². The lowest BCUT2D eigenvalue weighted by Gasteiger charge is -2.44. The predicted octanol–water partition coefficient (Wildman–Crippen LogP) is 1.67. The highest BCUT2D eigenvalue weighted by Crippen LogP contribution is 2.32. The van der Waals surface area contributed by atoms with E-state index in [2.05, 4.69) is 5.32 Å². The van der Waals surface area contributed by atoms with Gasteiger partial charge in [-0.05, 0) is 38.5 Å². The number of benzene rings is 1. The number of carbonyl (C=O) groups is 5. The third-order valence-corrected chi connectivity index (χ3v) is 5.32. The molecule has 0 aliphatic carbocycles. The molecule has 0 saturated carbocycles. The summed E-state index contributed by atoms with van der Waals surface area (Å²) in [5.41, 5.74) is 0.139. The molecule has 41 heavy (non-hydrogen) atoms. The fourth-order valence-corrected chi connectivity index (χ4v) is 3.87. The summed E-state index contributed by atoms with van der Waals surface area (Å²) in [4.78, 5) is 59.8. The standard InChI is InChI=1S/C27H37NO13/c1-14(30)35-13-21-22(36-15(2)31)23(37-16(3)32)24(38-17(4)33)25(40-21)39-20-9-8-18(12-29)10-19(20)11-28-26(34)41-27(5,6)7/h8-10,21-25,29H,11-13H2,1-7H3,(H,28,34)/t21-,22+,23+,24-,25-/m1/s1. The molecule has 5 atom stereocenters. The topological polar surface area (TPSA) is 182 Å². The van der Waals surface area contributed by atoms with E-state index < -0.39 is 72.9 Å². The van der Waals surface area contributed by atoms with Crippen LogP contribution in [0.1, 0.15) is 59.6 Å². The molecule has 1 amide bonds. The molecule has 1 aliphatic heterocycles. The molecule has 14 heteroatoms. The molecule has 0 radical (unpaired) electrons. The molecular weight excluding hydrogens is 546 g/mol. The first kappa shape index (κ1) is 33.3. The predicted molar refractivity (Wildman–Crippen MR) is 138 cm³/mol. The molecule has 0 unspecified atom stereocenters. The molecule has 1 fully saturated rings. The van der Waals surface area contributed by atoms with Crippen LogP contribution in [0.25, 0.3) is 0 Å². The molecule has 0 bridgehead atoms. The van der Waals surface area contributed by atoms with Crippen molar-refractivity contribution in [3.8, 4) is 5.75 Å². The Kier molecular flexibility index (Phi) is 11.9. The molecule has 1 heterocycles. The number of carbonyl (C=O) groups excluding carboxylic acids is 5.